The van der Waals surface area contributed by atoms with Crippen LogP contribution in [0.15, 0.2) is 5.38 Å². The fraction of sp³-hybridized carbons (Fsp3) is 0.750. The zero-order valence-electron chi connectivity index (χ0n) is 9.62. The van der Waals surface area contributed by atoms with Gasteiger partial charge in [0.1, 0.15) is 5.01 Å². The number of hydrogen-bond donors (Lipinski definition) is 1. The van der Waals surface area contributed by atoms with E-state index in [1.807, 2.05) is 0 Å². The summed E-state index contributed by atoms with van der Waals surface area (Å²) in [7, 11) is 2.07. The molecule has 0 aliphatic heterocycles. The molecule has 0 bridgehead atoms. The maximum absolute atomic E-state index is 4.61. The highest BCUT2D eigenvalue weighted by Gasteiger charge is 2.25. The molecule has 0 spiro atoms. The SMILES string of the molecule is CNC(c1nc(C)cs1)C1CCCCC1. The molecule has 1 aromatic heterocycles. The van der Waals surface area contributed by atoms with E-state index in [0.29, 0.717) is 6.04 Å². The van der Waals surface area contributed by atoms with Crippen molar-refractivity contribution in [1.29, 1.82) is 0 Å². The van der Waals surface area contributed by atoms with Crippen molar-refractivity contribution in [3.63, 3.8) is 0 Å². The molecule has 2 nitrogen and oxygen atoms in total. The molecule has 1 unspecified atom stereocenters. The Labute approximate surface area is 96.1 Å². The summed E-state index contributed by atoms with van der Waals surface area (Å²) < 4.78 is 0. The van der Waals surface area contributed by atoms with Crippen LogP contribution in [0.4, 0.5) is 0 Å². The molecule has 2 rings (SSSR count). The minimum absolute atomic E-state index is 0.490. The molecule has 3 heteroatoms. The van der Waals surface area contributed by atoms with Gasteiger partial charge in [-0.15, -0.1) is 11.3 Å². The van der Waals surface area contributed by atoms with Crippen LogP contribution in [0.25, 0.3) is 0 Å². The Morgan fingerprint density at radius 2 is 2.13 bits per heavy atom. The third kappa shape index (κ3) is 2.58. The molecule has 0 aromatic carbocycles. The molecule has 0 amide bonds. The molecule has 1 N–H and O–H groups in total. The topological polar surface area (TPSA) is 24.9 Å². The van der Waals surface area contributed by atoms with E-state index in [9.17, 15) is 0 Å². The van der Waals surface area contributed by atoms with E-state index in [1.165, 1.54) is 37.1 Å². The first-order valence-corrected chi connectivity index (χ1v) is 6.78. The third-order valence-corrected chi connectivity index (χ3v) is 4.38. The van der Waals surface area contributed by atoms with Gasteiger partial charge in [0.05, 0.1) is 6.04 Å². The van der Waals surface area contributed by atoms with Gasteiger partial charge >= 0.3 is 0 Å². The molecular weight excluding hydrogens is 204 g/mol. The summed E-state index contributed by atoms with van der Waals surface area (Å²) in [5, 5.41) is 6.88. The number of rotatable bonds is 3. The summed E-state index contributed by atoms with van der Waals surface area (Å²) in [6.07, 6.45) is 6.94. The van der Waals surface area contributed by atoms with Gasteiger partial charge in [0.2, 0.25) is 0 Å². The lowest BCUT2D eigenvalue weighted by atomic mass is 9.84. The van der Waals surface area contributed by atoms with Gasteiger partial charge in [-0.25, -0.2) is 4.98 Å². The largest absolute Gasteiger partial charge is 0.311 e. The summed E-state index contributed by atoms with van der Waals surface area (Å²) in [6, 6.07) is 0.490. The van der Waals surface area contributed by atoms with Crippen molar-refractivity contribution in [3.05, 3.63) is 16.1 Å². The predicted octanol–water partition coefficient (Wildman–Crippen LogP) is 3.29. The number of nitrogens with zero attached hydrogens (tertiary/aromatic N) is 1. The minimum atomic E-state index is 0.490. The predicted molar refractivity (Wildman–Crippen MR) is 65.2 cm³/mol. The minimum Gasteiger partial charge on any atom is -0.311 e. The first-order chi connectivity index (χ1) is 7.31. The molecule has 0 radical (unpaired) electrons. The molecule has 1 saturated carbocycles. The highest BCUT2D eigenvalue weighted by molar-refractivity contribution is 7.09. The van der Waals surface area contributed by atoms with Gasteiger partial charge in [-0.2, -0.15) is 0 Å². The van der Waals surface area contributed by atoms with Crippen molar-refractivity contribution in [2.75, 3.05) is 7.05 Å². The Morgan fingerprint density at radius 1 is 1.40 bits per heavy atom. The first-order valence-electron chi connectivity index (χ1n) is 5.90. The van der Waals surface area contributed by atoms with Crippen molar-refractivity contribution in [1.82, 2.24) is 10.3 Å². The Kier molecular flexibility index (Phi) is 3.76. The lowest BCUT2D eigenvalue weighted by molar-refractivity contribution is 0.281. The second kappa shape index (κ2) is 5.08. The van der Waals surface area contributed by atoms with Crippen LogP contribution >= 0.6 is 11.3 Å². The van der Waals surface area contributed by atoms with Crippen LogP contribution in [0, 0.1) is 12.8 Å². The fourth-order valence-corrected chi connectivity index (χ4v) is 3.54. The molecule has 1 fully saturated rings. The maximum Gasteiger partial charge on any atom is 0.110 e. The summed E-state index contributed by atoms with van der Waals surface area (Å²) >= 11 is 1.80. The highest BCUT2D eigenvalue weighted by Crippen LogP contribution is 2.35. The summed E-state index contributed by atoms with van der Waals surface area (Å²) in [4.78, 5) is 4.61. The Hall–Kier alpha value is -0.410. The molecule has 15 heavy (non-hydrogen) atoms. The molecule has 1 heterocycles. The maximum atomic E-state index is 4.61. The van der Waals surface area contributed by atoms with Gasteiger partial charge in [-0.1, -0.05) is 19.3 Å². The van der Waals surface area contributed by atoms with Crippen LogP contribution in [0.3, 0.4) is 0 Å². The van der Waals surface area contributed by atoms with Crippen molar-refractivity contribution in [3.8, 4) is 0 Å². The molecule has 1 aliphatic rings. The monoisotopic (exact) mass is 224 g/mol. The second-order valence-electron chi connectivity index (χ2n) is 4.49. The van der Waals surface area contributed by atoms with Gasteiger partial charge in [0.25, 0.3) is 0 Å². The van der Waals surface area contributed by atoms with Gasteiger partial charge < -0.3 is 5.32 Å². The molecular formula is C12H20N2S. The van der Waals surface area contributed by atoms with Gasteiger partial charge in [-0.05, 0) is 32.7 Å². The zero-order chi connectivity index (χ0) is 10.7. The smallest absolute Gasteiger partial charge is 0.110 e. The summed E-state index contributed by atoms with van der Waals surface area (Å²) in [6.45, 7) is 2.08. The number of thiazole rings is 1. The van der Waals surface area contributed by atoms with E-state index in [1.54, 1.807) is 11.3 Å². The van der Waals surface area contributed by atoms with Crippen LogP contribution in [0.5, 0.6) is 0 Å². The van der Waals surface area contributed by atoms with Crippen LogP contribution in [-0.4, -0.2) is 12.0 Å². The molecule has 84 valence electrons. The number of hydrogen-bond acceptors (Lipinski definition) is 3. The van der Waals surface area contributed by atoms with Crippen molar-refractivity contribution in [2.24, 2.45) is 5.92 Å². The summed E-state index contributed by atoms with van der Waals surface area (Å²) in [5.74, 6) is 0.800. The van der Waals surface area contributed by atoms with Crippen LogP contribution in [-0.2, 0) is 0 Å². The van der Waals surface area contributed by atoms with E-state index in [2.05, 4.69) is 29.7 Å². The average molecular weight is 224 g/mol. The van der Waals surface area contributed by atoms with E-state index < -0.39 is 0 Å². The molecule has 1 aliphatic carbocycles. The van der Waals surface area contributed by atoms with Crippen LogP contribution < -0.4 is 5.32 Å². The average Bonchev–Trinajstić information content (AvgIpc) is 2.68. The summed E-state index contributed by atoms with van der Waals surface area (Å²) in [5.41, 5.74) is 1.16. The van der Waals surface area contributed by atoms with E-state index in [4.69, 9.17) is 0 Å². The van der Waals surface area contributed by atoms with Crippen LogP contribution in [0.1, 0.15) is 48.8 Å². The van der Waals surface area contributed by atoms with Crippen molar-refractivity contribution >= 4 is 11.3 Å². The third-order valence-electron chi connectivity index (χ3n) is 3.34. The Balaban J connectivity index is 2.08. The second-order valence-corrected chi connectivity index (χ2v) is 5.38. The number of aromatic nitrogens is 1. The van der Waals surface area contributed by atoms with Gasteiger partial charge in [0, 0.05) is 11.1 Å². The van der Waals surface area contributed by atoms with Crippen molar-refractivity contribution in [2.45, 2.75) is 45.1 Å². The number of aryl methyl sites for hydroxylation is 1. The van der Waals surface area contributed by atoms with Gasteiger partial charge in [-0.3, -0.25) is 0 Å². The molecule has 1 aromatic rings. The van der Waals surface area contributed by atoms with Crippen LogP contribution in [0.2, 0.25) is 0 Å². The van der Waals surface area contributed by atoms with Crippen molar-refractivity contribution < 1.29 is 0 Å². The fourth-order valence-electron chi connectivity index (χ4n) is 2.54. The Bertz CT molecular complexity index is 302. The molecule has 1 atom stereocenters. The van der Waals surface area contributed by atoms with E-state index in [0.717, 1.165) is 11.6 Å². The highest BCUT2D eigenvalue weighted by atomic mass is 32.1. The Morgan fingerprint density at radius 3 is 2.67 bits per heavy atom. The lowest BCUT2D eigenvalue weighted by Crippen LogP contribution is -2.26. The zero-order valence-corrected chi connectivity index (χ0v) is 10.4. The lowest BCUT2D eigenvalue weighted by Gasteiger charge is -2.28. The quantitative estimate of drug-likeness (QED) is 0.852. The van der Waals surface area contributed by atoms with E-state index >= 15 is 0 Å². The number of nitrogens with one attached hydrogen (secondary N) is 1. The van der Waals surface area contributed by atoms with E-state index in [-0.39, 0.29) is 0 Å². The normalized spacial score (nSPS) is 20.4. The standard InChI is InChI=1S/C12H20N2S/c1-9-8-15-12(14-9)11(13-2)10-6-4-3-5-7-10/h8,10-11,13H,3-7H2,1-2H3. The molecule has 0 saturated heterocycles. The van der Waals surface area contributed by atoms with Gasteiger partial charge in [0.15, 0.2) is 0 Å². The first kappa shape index (κ1) is 11.1.